The molecule has 1 aliphatic rings. The molecule has 1 aliphatic heterocycles. The van der Waals surface area contributed by atoms with Crippen molar-refractivity contribution in [3.8, 4) is 0 Å². The summed E-state index contributed by atoms with van der Waals surface area (Å²) >= 11 is 0. The Kier molecular flexibility index (Phi) is 5.77. The predicted octanol–water partition coefficient (Wildman–Crippen LogP) is 2.10. The Morgan fingerprint density at radius 2 is 2.04 bits per heavy atom. The van der Waals surface area contributed by atoms with E-state index in [0.29, 0.717) is 29.8 Å². The van der Waals surface area contributed by atoms with Gasteiger partial charge >= 0.3 is 11.9 Å². The molecule has 1 saturated heterocycles. The molecule has 1 aromatic heterocycles. The van der Waals surface area contributed by atoms with E-state index < -0.39 is 29.9 Å². The summed E-state index contributed by atoms with van der Waals surface area (Å²) in [4.78, 5) is 39.4. The number of aromatic nitrogens is 1. The quantitative estimate of drug-likeness (QED) is 0.631. The average Bonchev–Trinajstić information content (AvgIpc) is 3.15. The molecule has 132 valence electrons. The van der Waals surface area contributed by atoms with Crippen LogP contribution in [-0.4, -0.2) is 48.1 Å². The van der Waals surface area contributed by atoms with Gasteiger partial charge in [-0.2, -0.15) is 0 Å². The number of H-pyrrole nitrogens is 1. The van der Waals surface area contributed by atoms with Crippen molar-refractivity contribution in [1.29, 1.82) is 0 Å². The van der Waals surface area contributed by atoms with Gasteiger partial charge in [0.25, 0.3) is 0 Å². The number of Topliss-reactive ketones (excluding diaryl/α,β-unsaturated/α-hetero) is 1. The molecule has 2 heterocycles. The molecule has 2 atom stereocenters. The minimum Gasteiger partial charge on any atom is -0.462 e. The standard InChI is InChI=1S/C17H23NO6/c1-5-22-17(21)13-9(2)14(18-10(13)3)15(19)11(4)24-16(20)12-7-6-8-23-12/h11-12,18H,5-8H2,1-4H3/t11-,12-/m1/s1. The van der Waals surface area contributed by atoms with E-state index in [1.54, 1.807) is 20.8 Å². The highest BCUT2D eigenvalue weighted by molar-refractivity contribution is 6.04. The summed E-state index contributed by atoms with van der Waals surface area (Å²) in [5, 5.41) is 0. The number of hydrogen-bond donors (Lipinski definition) is 1. The summed E-state index contributed by atoms with van der Waals surface area (Å²) in [5.41, 5.74) is 1.64. The van der Waals surface area contributed by atoms with Crippen molar-refractivity contribution >= 4 is 17.7 Å². The molecular formula is C17H23NO6. The number of carbonyl (C=O) groups excluding carboxylic acids is 3. The maximum absolute atomic E-state index is 12.6. The van der Waals surface area contributed by atoms with Crippen LogP contribution in [0.1, 0.15) is 58.8 Å². The molecule has 7 nitrogen and oxygen atoms in total. The highest BCUT2D eigenvalue weighted by Crippen LogP contribution is 2.22. The third kappa shape index (κ3) is 3.67. The summed E-state index contributed by atoms with van der Waals surface area (Å²) in [6, 6.07) is 0. The van der Waals surface area contributed by atoms with E-state index in [2.05, 4.69) is 4.98 Å². The maximum Gasteiger partial charge on any atom is 0.340 e. The van der Waals surface area contributed by atoms with Crippen molar-refractivity contribution in [1.82, 2.24) is 4.98 Å². The fraction of sp³-hybridized carbons (Fsp3) is 0.588. The Morgan fingerprint density at radius 3 is 2.62 bits per heavy atom. The normalized spacial score (nSPS) is 18.2. The Labute approximate surface area is 140 Å². The number of esters is 2. The lowest BCUT2D eigenvalue weighted by atomic mass is 10.1. The van der Waals surface area contributed by atoms with Gasteiger partial charge in [-0.1, -0.05) is 0 Å². The zero-order chi connectivity index (χ0) is 17.9. The molecule has 24 heavy (non-hydrogen) atoms. The van der Waals surface area contributed by atoms with E-state index in [-0.39, 0.29) is 12.3 Å². The summed E-state index contributed by atoms with van der Waals surface area (Å²) in [6.45, 7) is 7.36. The number of aromatic amines is 1. The van der Waals surface area contributed by atoms with E-state index in [4.69, 9.17) is 14.2 Å². The van der Waals surface area contributed by atoms with Crippen LogP contribution in [-0.2, 0) is 19.0 Å². The van der Waals surface area contributed by atoms with Gasteiger partial charge in [0.2, 0.25) is 5.78 Å². The van der Waals surface area contributed by atoms with Crippen molar-refractivity contribution in [3.05, 3.63) is 22.5 Å². The maximum atomic E-state index is 12.6. The molecule has 0 saturated carbocycles. The molecule has 2 rings (SSSR count). The lowest BCUT2D eigenvalue weighted by molar-refractivity contribution is -0.156. The lowest BCUT2D eigenvalue weighted by Gasteiger charge is -2.15. The molecule has 0 spiro atoms. The average molecular weight is 337 g/mol. The SMILES string of the molecule is CCOC(=O)c1c(C)[nH]c(C(=O)[C@@H](C)OC(=O)[C@H]2CCCO2)c1C. The van der Waals surface area contributed by atoms with Gasteiger partial charge in [0.05, 0.1) is 17.9 Å². The Hall–Kier alpha value is -2.15. The second-order valence-electron chi connectivity index (χ2n) is 5.79. The van der Waals surface area contributed by atoms with E-state index in [1.165, 1.54) is 6.92 Å². The third-order valence-corrected chi connectivity index (χ3v) is 4.02. The van der Waals surface area contributed by atoms with Crippen LogP contribution in [0.25, 0.3) is 0 Å². The number of carbonyl (C=O) groups is 3. The van der Waals surface area contributed by atoms with Crippen LogP contribution in [0.2, 0.25) is 0 Å². The second-order valence-corrected chi connectivity index (χ2v) is 5.79. The molecule has 0 radical (unpaired) electrons. The van der Waals surface area contributed by atoms with E-state index in [1.807, 2.05) is 0 Å². The van der Waals surface area contributed by atoms with Gasteiger partial charge in [0.1, 0.15) is 0 Å². The van der Waals surface area contributed by atoms with Crippen molar-refractivity contribution in [2.24, 2.45) is 0 Å². The summed E-state index contributed by atoms with van der Waals surface area (Å²) in [5.74, 6) is -1.40. The second kappa shape index (κ2) is 7.61. The van der Waals surface area contributed by atoms with E-state index in [9.17, 15) is 14.4 Å². The first-order valence-corrected chi connectivity index (χ1v) is 8.09. The van der Waals surface area contributed by atoms with Crippen LogP contribution >= 0.6 is 0 Å². The van der Waals surface area contributed by atoms with E-state index >= 15 is 0 Å². The Morgan fingerprint density at radius 1 is 1.33 bits per heavy atom. The highest BCUT2D eigenvalue weighted by Gasteiger charge is 2.31. The number of ether oxygens (including phenoxy) is 3. The minimum absolute atomic E-state index is 0.252. The topological polar surface area (TPSA) is 94.7 Å². The Balaban J connectivity index is 2.12. The molecule has 1 fully saturated rings. The molecule has 0 bridgehead atoms. The van der Waals surface area contributed by atoms with Gasteiger partial charge in [0.15, 0.2) is 12.2 Å². The van der Waals surface area contributed by atoms with Crippen LogP contribution < -0.4 is 0 Å². The molecule has 0 aliphatic carbocycles. The summed E-state index contributed by atoms with van der Waals surface area (Å²) < 4.78 is 15.5. The van der Waals surface area contributed by atoms with Crippen LogP contribution in [0, 0.1) is 13.8 Å². The fourth-order valence-corrected chi connectivity index (χ4v) is 2.78. The van der Waals surface area contributed by atoms with Gasteiger partial charge in [-0.25, -0.2) is 9.59 Å². The molecule has 0 aromatic carbocycles. The third-order valence-electron chi connectivity index (χ3n) is 4.02. The van der Waals surface area contributed by atoms with Gasteiger partial charge in [-0.15, -0.1) is 0 Å². The van der Waals surface area contributed by atoms with Crippen LogP contribution in [0.4, 0.5) is 0 Å². The zero-order valence-electron chi connectivity index (χ0n) is 14.4. The summed E-state index contributed by atoms with van der Waals surface area (Å²) in [6.07, 6.45) is -0.150. The number of ketones is 1. The molecule has 1 N–H and O–H groups in total. The smallest absolute Gasteiger partial charge is 0.340 e. The van der Waals surface area contributed by atoms with Crippen LogP contribution in [0.15, 0.2) is 0 Å². The molecular weight excluding hydrogens is 314 g/mol. The van der Waals surface area contributed by atoms with Crippen LogP contribution in [0.3, 0.4) is 0 Å². The van der Waals surface area contributed by atoms with E-state index in [0.717, 1.165) is 6.42 Å². The first-order valence-electron chi connectivity index (χ1n) is 8.09. The van der Waals surface area contributed by atoms with Gasteiger partial charge in [-0.3, -0.25) is 4.79 Å². The van der Waals surface area contributed by atoms with Crippen molar-refractivity contribution in [2.75, 3.05) is 13.2 Å². The van der Waals surface area contributed by atoms with Gasteiger partial charge in [0, 0.05) is 12.3 Å². The molecule has 7 heteroatoms. The Bertz CT molecular complexity index is 642. The van der Waals surface area contributed by atoms with Crippen molar-refractivity contribution in [2.45, 2.75) is 52.7 Å². The number of hydrogen-bond acceptors (Lipinski definition) is 6. The number of aryl methyl sites for hydroxylation is 1. The zero-order valence-corrected chi connectivity index (χ0v) is 14.4. The molecule has 0 amide bonds. The number of rotatable bonds is 6. The predicted molar refractivity (Wildman–Crippen MR) is 85.1 cm³/mol. The largest absolute Gasteiger partial charge is 0.462 e. The highest BCUT2D eigenvalue weighted by atomic mass is 16.6. The first-order chi connectivity index (χ1) is 11.4. The molecule has 1 aromatic rings. The fourth-order valence-electron chi connectivity index (χ4n) is 2.78. The summed E-state index contributed by atoms with van der Waals surface area (Å²) in [7, 11) is 0. The first kappa shape index (κ1) is 18.2. The van der Waals surface area contributed by atoms with Crippen molar-refractivity contribution < 1.29 is 28.6 Å². The van der Waals surface area contributed by atoms with Crippen molar-refractivity contribution in [3.63, 3.8) is 0 Å². The number of nitrogens with one attached hydrogen (secondary N) is 1. The van der Waals surface area contributed by atoms with Gasteiger partial charge in [-0.05, 0) is 46.1 Å². The lowest BCUT2D eigenvalue weighted by Crippen LogP contribution is -2.31. The van der Waals surface area contributed by atoms with Crippen LogP contribution in [0.5, 0.6) is 0 Å². The minimum atomic E-state index is -0.964. The van der Waals surface area contributed by atoms with Gasteiger partial charge < -0.3 is 19.2 Å². The molecule has 0 unspecified atom stereocenters. The monoisotopic (exact) mass is 337 g/mol.